The molecular weight excluding hydrogens is 328 g/mol. The van der Waals surface area contributed by atoms with Gasteiger partial charge in [0.1, 0.15) is 22.4 Å². The number of nitrogens with one attached hydrogen (secondary N) is 1. The van der Waals surface area contributed by atoms with Crippen LogP contribution in [0.15, 0.2) is 35.1 Å². The molecule has 0 aliphatic rings. The number of aromatic nitrogens is 2. The topological polar surface area (TPSA) is 41.1 Å². The lowest BCUT2D eigenvalue weighted by Crippen LogP contribution is -2.19. The lowest BCUT2D eigenvalue weighted by Gasteiger charge is -2.20. The Morgan fingerprint density at radius 3 is 2.74 bits per heavy atom. The van der Waals surface area contributed by atoms with E-state index in [1.165, 1.54) is 6.33 Å². The Labute approximate surface area is 126 Å². The van der Waals surface area contributed by atoms with Crippen molar-refractivity contribution < 1.29 is 0 Å². The molecule has 0 aliphatic heterocycles. The fourth-order valence-electron chi connectivity index (χ4n) is 1.76. The second kappa shape index (κ2) is 6.21. The predicted molar refractivity (Wildman–Crippen MR) is 82.8 cm³/mol. The van der Waals surface area contributed by atoms with Crippen LogP contribution >= 0.6 is 27.5 Å². The van der Waals surface area contributed by atoms with Gasteiger partial charge in [0.25, 0.3) is 0 Å². The van der Waals surface area contributed by atoms with Crippen LogP contribution in [0.2, 0.25) is 5.02 Å². The zero-order valence-corrected chi connectivity index (χ0v) is 13.0. The second-order valence-electron chi connectivity index (χ2n) is 4.06. The first-order chi connectivity index (χ1) is 9.13. The molecule has 0 saturated heterocycles. The van der Waals surface area contributed by atoms with Gasteiger partial charge in [0, 0.05) is 25.7 Å². The highest BCUT2D eigenvalue weighted by atomic mass is 79.9. The van der Waals surface area contributed by atoms with Crippen molar-refractivity contribution in [3.05, 3.63) is 45.7 Å². The smallest absolute Gasteiger partial charge is 0.148 e. The van der Waals surface area contributed by atoms with Crippen LogP contribution in [0.3, 0.4) is 0 Å². The molecule has 0 radical (unpaired) electrons. The summed E-state index contributed by atoms with van der Waals surface area (Å²) < 4.78 is 0.840. The first-order valence-corrected chi connectivity index (χ1v) is 6.93. The van der Waals surface area contributed by atoms with E-state index in [1.807, 2.05) is 43.3 Å². The monoisotopic (exact) mass is 340 g/mol. The van der Waals surface area contributed by atoms with Crippen molar-refractivity contribution in [2.45, 2.75) is 6.54 Å². The van der Waals surface area contributed by atoms with Gasteiger partial charge in [-0.05, 0) is 27.6 Å². The van der Waals surface area contributed by atoms with E-state index in [-0.39, 0.29) is 0 Å². The molecule has 0 aliphatic carbocycles. The third kappa shape index (κ3) is 3.16. The van der Waals surface area contributed by atoms with Crippen LogP contribution in [0.4, 0.5) is 11.6 Å². The van der Waals surface area contributed by atoms with E-state index in [1.54, 1.807) is 0 Å². The van der Waals surface area contributed by atoms with Crippen molar-refractivity contribution in [1.29, 1.82) is 0 Å². The molecule has 0 saturated carbocycles. The van der Waals surface area contributed by atoms with E-state index in [0.717, 1.165) is 26.7 Å². The molecule has 1 N–H and O–H groups in total. The van der Waals surface area contributed by atoms with E-state index in [2.05, 4.69) is 31.2 Å². The van der Waals surface area contributed by atoms with Gasteiger partial charge in [-0.1, -0.05) is 29.8 Å². The first kappa shape index (κ1) is 14.1. The summed E-state index contributed by atoms with van der Waals surface area (Å²) >= 11 is 9.68. The summed E-state index contributed by atoms with van der Waals surface area (Å²) in [4.78, 5) is 10.5. The summed E-state index contributed by atoms with van der Waals surface area (Å²) in [6, 6.07) is 7.79. The molecule has 100 valence electrons. The third-order valence-corrected chi connectivity index (χ3v) is 3.83. The average molecular weight is 342 g/mol. The second-order valence-corrected chi connectivity index (χ2v) is 5.26. The van der Waals surface area contributed by atoms with Crippen LogP contribution in [0, 0.1) is 0 Å². The molecule has 1 aromatic heterocycles. The van der Waals surface area contributed by atoms with Gasteiger partial charge >= 0.3 is 0 Å². The predicted octanol–water partition coefficient (Wildman–Crippen LogP) is 3.57. The maximum absolute atomic E-state index is 6.17. The van der Waals surface area contributed by atoms with E-state index >= 15 is 0 Å². The molecule has 4 nitrogen and oxygen atoms in total. The minimum Gasteiger partial charge on any atom is -0.372 e. The summed E-state index contributed by atoms with van der Waals surface area (Å²) in [7, 11) is 3.79. The van der Waals surface area contributed by atoms with Gasteiger partial charge in [-0.2, -0.15) is 0 Å². The Hall–Kier alpha value is -1.33. The molecule has 1 heterocycles. The third-order valence-electron chi connectivity index (χ3n) is 2.73. The minimum atomic E-state index is 0.679. The van der Waals surface area contributed by atoms with Crippen LogP contribution < -0.4 is 10.2 Å². The number of hydrogen-bond acceptors (Lipinski definition) is 4. The van der Waals surface area contributed by atoms with Crippen LogP contribution in [-0.4, -0.2) is 24.1 Å². The largest absolute Gasteiger partial charge is 0.372 e. The van der Waals surface area contributed by atoms with Crippen molar-refractivity contribution >= 4 is 39.2 Å². The Balaban J connectivity index is 2.26. The van der Waals surface area contributed by atoms with Crippen molar-refractivity contribution in [3.8, 4) is 0 Å². The zero-order chi connectivity index (χ0) is 13.8. The summed E-state index contributed by atoms with van der Waals surface area (Å²) in [5.74, 6) is 1.58. The fourth-order valence-corrected chi connectivity index (χ4v) is 2.66. The lowest BCUT2D eigenvalue weighted by molar-refractivity contribution is 0.887. The average Bonchev–Trinajstić information content (AvgIpc) is 2.41. The number of anilines is 2. The van der Waals surface area contributed by atoms with E-state index in [0.29, 0.717) is 6.54 Å². The van der Waals surface area contributed by atoms with Crippen molar-refractivity contribution in [2.75, 3.05) is 24.3 Å². The highest BCUT2D eigenvalue weighted by Crippen LogP contribution is 2.29. The molecule has 6 heteroatoms. The van der Waals surface area contributed by atoms with Gasteiger partial charge < -0.3 is 10.2 Å². The Kier molecular flexibility index (Phi) is 4.61. The summed E-state index contributed by atoms with van der Waals surface area (Å²) in [6.07, 6.45) is 1.54. The first-order valence-electron chi connectivity index (χ1n) is 5.76. The molecule has 1 aromatic carbocycles. The Bertz CT molecular complexity index is 576. The summed E-state index contributed by atoms with van der Waals surface area (Å²) in [6.45, 7) is 0.679. The van der Waals surface area contributed by atoms with Crippen LogP contribution in [-0.2, 0) is 6.54 Å². The van der Waals surface area contributed by atoms with Gasteiger partial charge in [-0.25, -0.2) is 9.97 Å². The van der Waals surface area contributed by atoms with E-state index in [4.69, 9.17) is 11.6 Å². The molecule has 0 spiro atoms. The Morgan fingerprint density at radius 2 is 2.05 bits per heavy atom. The fraction of sp³-hybridized carbons (Fsp3) is 0.231. The van der Waals surface area contributed by atoms with Gasteiger partial charge in [0.05, 0.1) is 0 Å². The van der Waals surface area contributed by atoms with Gasteiger partial charge in [-0.3, -0.25) is 0 Å². The number of halogens is 2. The molecule has 19 heavy (non-hydrogen) atoms. The van der Waals surface area contributed by atoms with Crippen LogP contribution in [0.1, 0.15) is 5.56 Å². The van der Waals surface area contributed by atoms with Crippen molar-refractivity contribution in [1.82, 2.24) is 9.97 Å². The van der Waals surface area contributed by atoms with Crippen LogP contribution in [0.5, 0.6) is 0 Å². The van der Waals surface area contributed by atoms with Crippen molar-refractivity contribution in [2.24, 2.45) is 0 Å². The van der Waals surface area contributed by atoms with E-state index < -0.39 is 0 Å². The van der Waals surface area contributed by atoms with Crippen LogP contribution in [0.25, 0.3) is 0 Å². The maximum atomic E-state index is 6.17. The normalized spacial score (nSPS) is 10.3. The summed E-state index contributed by atoms with van der Waals surface area (Å²) in [5, 5.41) is 3.77. The highest BCUT2D eigenvalue weighted by molar-refractivity contribution is 9.10. The Morgan fingerprint density at radius 1 is 1.32 bits per heavy atom. The molecule has 2 aromatic rings. The van der Waals surface area contributed by atoms with Gasteiger partial charge in [0.15, 0.2) is 0 Å². The molecule has 0 fully saturated rings. The molecule has 0 atom stereocenters. The molecule has 0 unspecified atom stereocenters. The number of rotatable bonds is 4. The molecule has 2 rings (SSSR count). The highest BCUT2D eigenvalue weighted by Gasteiger charge is 2.13. The summed E-state index contributed by atoms with van der Waals surface area (Å²) in [5.41, 5.74) is 1.06. The van der Waals surface area contributed by atoms with Crippen molar-refractivity contribution in [3.63, 3.8) is 0 Å². The standard InChI is InChI=1S/C13H14BrClN4/c1-16-12-11(14)13(18-8-17-12)19(2)7-9-5-3-4-6-10(9)15/h3-6,8H,7H2,1-2H3,(H,16,17,18). The molecular formula is C13H14BrClN4. The molecule has 0 bridgehead atoms. The number of hydrogen-bond donors (Lipinski definition) is 1. The quantitative estimate of drug-likeness (QED) is 0.923. The SMILES string of the molecule is CNc1ncnc(N(C)Cc2ccccc2Cl)c1Br. The van der Waals surface area contributed by atoms with Gasteiger partial charge in [0.2, 0.25) is 0 Å². The number of benzene rings is 1. The minimum absolute atomic E-state index is 0.679. The maximum Gasteiger partial charge on any atom is 0.148 e. The van der Waals surface area contributed by atoms with Gasteiger partial charge in [-0.15, -0.1) is 0 Å². The van der Waals surface area contributed by atoms with E-state index in [9.17, 15) is 0 Å². The number of nitrogens with zero attached hydrogens (tertiary/aromatic N) is 3. The zero-order valence-electron chi connectivity index (χ0n) is 10.7. The molecule has 0 amide bonds. The lowest BCUT2D eigenvalue weighted by atomic mass is 10.2.